The number of anilines is 1. The maximum atomic E-state index is 6.02. The molecule has 20 heavy (non-hydrogen) atoms. The Morgan fingerprint density at radius 3 is 2.75 bits per heavy atom. The van der Waals surface area contributed by atoms with Gasteiger partial charge in [-0.25, -0.2) is 4.98 Å². The Balaban J connectivity index is 2.34. The lowest BCUT2D eigenvalue weighted by Gasteiger charge is -2.10. The van der Waals surface area contributed by atoms with Crippen molar-refractivity contribution in [3.05, 3.63) is 51.7 Å². The monoisotopic (exact) mass is 349 g/mol. The van der Waals surface area contributed by atoms with Gasteiger partial charge in [-0.05, 0) is 52.3 Å². The van der Waals surface area contributed by atoms with Crippen molar-refractivity contribution in [2.75, 3.05) is 5.73 Å². The first-order chi connectivity index (χ1) is 9.60. The number of imidazole rings is 1. The van der Waals surface area contributed by atoms with Gasteiger partial charge in [0.15, 0.2) is 0 Å². The van der Waals surface area contributed by atoms with E-state index >= 15 is 0 Å². The zero-order chi connectivity index (χ0) is 14.3. The van der Waals surface area contributed by atoms with Gasteiger partial charge in [0.05, 0.1) is 16.7 Å². The number of hydrogen-bond donors (Lipinski definition) is 1. The van der Waals surface area contributed by atoms with Crippen LogP contribution in [0.3, 0.4) is 0 Å². The van der Waals surface area contributed by atoms with Gasteiger partial charge >= 0.3 is 0 Å². The van der Waals surface area contributed by atoms with Crippen molar-refractivity contribution in [3.8, 4) is 5.69 Å². The van der Waals surface area contributed by atoms with E-state index in [-0.39, 0.29) is 0 Å². The zero-order valence-corrected chi connectivity index (χ0v) is 13.2. The molecular formula is C15H13BrClN3. The first-order valence-corrected chi connectivity index (χ1v) is 7.49. The molecule has 0 aliphatic carbocycles. The second-order valence-corrected chi connectivity index (χ2v) is 5.85. The number of nitrogen functional groups attached to an aromatic ring is 1. The van der Waals surface area contributed by atoms with E-state index in [2.05, 4.69) is 32.4 Å². The highest BCUT2D eigenvalue weighted by atomic mass is 79.9. The zero-order valence-electron chi connectivity index (χ0n) is 10.9. The Hall–Kier alpha value is -1.52. The Morgan fingerprint density at radius 2 is 2.05 bits per heavy atom. The van der Waals surface area contributed by atoms with Crippen molar-refractivity contribution in [2.45, 2.75) is 13.3 Å². The summed E-state index contributed by atoms with van der Waals surface area (Å²) in [5, 5.41) is 0.701. The van der Waals surface area contributed by atoms with Crippen molar-refractivity contribution in [2.24, 2.45) is 0 Å². The molecule has 0 atom stereocenters. The summed E-state index contributed by atoms with van der Waals surface area (Å²) in [4.78, 5) is 4.66. The van der Waals surface area contributed by atoms with Gasteiger partial charge < -0.3 is 5.73 Å². The molecule has 0 aliphatic heterocycles. The van der Waals surface area contributed by atoms with E-state index in [1.54, 1.807) is 0 Å². The number of fused-ring (bicyclic) bond motifs is 1. The normalized spacial score (nSPS) is 11.2. The van der Waals surface area contributed by atoms with Gasteiger partial charge in [-0.3, -0.25) is 4.57 Å². The van der Waals surface area contributed by atoms with Gasteiger partial charge in [0.25, 0.3) is 0 Å². The molecule has 3 nitrogen and oxygen atoms in total. The van der Waals surface area contributed by atoms with Crippen LogP contribution in [0.25, 0.3) is 16.7 Å². The molecule has 0 spiro atoms. The van der Waals surface area contributed by atoms with Gasteiger partial charge in [-0.15, -0.1) is 0 Å². The molecule has 0 radical (unpaired) electrons. The minimum absolute atomic E-state index is 0.701. The smallest absolute Gasteiger partial charge is 0.114 e. The predicted molar refractivity (Wildman–Crippen MR) is 87.6 cm³/mol. The Kier molecular flexibility index (Phi) is 3.44. The summed E-state index contributed by atoms with van der Waals surface area (Å²) in [6.07, 6.45) is 0.837. The van der Waals surface area contributed by atoms with E-state index in [9.17, 15) is 0 Å². The van der Waals surface area contributed by atoms with Crippen molar-refractivity contribution in [1.82, 2.24) is 9.55 Å². The molecule has 2 N–H and O–H groups in total. The van der Waals surface area contributed by atoms with Crippen molar-refractivity contribution in [3.63, 3.8) is 0 Å². The number of nitrogens with two attached hydrogens (primary N) is 1. The van der Waals surface area contributed by atoms with Crippen LogP contribution < -0.4 is 5.73 Å². The highest BCUT2D eigenvalue weighted by Crippen LogP contribution is 2.30. The van der Waals surface area contributed by atoms with Crippen LogP contribution in [0.1, 0.15) is 12.7 Å². The molecule has 3 rings (SSSR count). The number of halogens is 2. The molecule has 102 valence electrons. The molecule has 0 amide bonds. The summed E-state index contributed by atoms with van der Waals surface area (Å²) in [6, 6.07) is 11.5. The van der Waals surface area contributed by atoms with Crippen LogP contribution in [0.2, 0.25) is 5.02 Å². The third-order valence-electron chi connectivity index (χ3n) is 3.21. The maximum Gasteiger partial charge on any atom is 0.114 e. The first-order valence-electron chi connectivity index (χ1n) is 6.32. The van der Waals surface area contributed by atoms with Crippen LogP contribution in [0.15, 0.2) is 40.9 Å². The summed E-state index contributed by atoms with van der Waals surface area (Å²) in [7, 11) is 0. The maximum absolute atomic E-state index is 6.02. The van der Waals surface area contributed by atoms with E-state index in [0.29, 0.717) is 5.02 Å². The summed E-state index contributed by atoms with van der Waals surface area (Å²) < 4.78 is 3.07. The molecule has 0 bridgehead atoms. The molecule has 5 heteroatoms. The standard InChI is InChI=1S/C15H13BrClN3/c1-2-15-19-12-8-10(18)4-6-14(12)20(15)13-5-3-9(17)7-11(13)16/h3-8H,2,18H2,1H3. The third-order valence-corrected chi connectivity index (χ3v) is 4.09. The Bertz CT molecular complexity index is 795. The van der Waals surface area contributed by atoms with Crippen LogP contribution in [-0.4, -0.2) is 9.55 Å². The SMILES string of the molecule is CCc1nc2cc(N)ccc2n1-c1ccc(Cl)cc1Br. The molecule has 1 aromatic heterocycles. The number of hydrogen-bond acceptors (Lipinski definition) is 2. The molecule has 0 fully saturated rings. The number of benzene rings is 2. The van der Waals surface area contributed by atoms with E-state index in [1.165, 1.54) is 0 Å². The summed E-state index contributed by atoms with van der Waals surface area (Å²) in [5.41, 5.74) is 9.53. The second-order valence-electron chi connectivity index (χ2n) is 4.56. The largest absolute Gasteiger partial charge is 0.399 e. The Morgan fingerprint density at radius 1 is 1.25 bits per heavy atom. The molecule has 0 aliphatic rings. The fourth-order valence-electron chi connectivity index (χ4n) is 2.32. The van der Waals surface area contributed by atoms with Gasteiger partial charge in [0.1, 0.15) is 5.82 Å². The molecule has 0 saturated heterocycles. The first kappa shape index (κ1) is 13.5. The van der Waals surface area contributed by atoms with Crippen LogP contribution in [-0.2, 0) is 6.42 Å². The van der Waals surface area contributed by atoms with Crippen LogP contribution in [0, 0.1) is 0 Å². The Labute approximate surface area is 130 Å². The number of aromatic nitrogens is 2. The van der Waals surface area contributed by atoms with E-state index in [4.69, 9.17) is 17.3 Å². The molecule has 0 unspecified atom stereocenters. The quantitative estimate of drug-likeness (QED) is 0.687. The minimum atomic E-state index is 0.701. The molecule has 2 aromatic carbocycles. The summed E-state index contributed by atoms with van der Waals surface area (Å²) in [6.45, 7) is 2.09. The fraction of sp³-hybridized carbons (Fsp3) is 0.133. The van der Waals surface area contributed by atoms with Crippen molar-refractivity contribution < 1.29 is 0 Å². The average molecular weight is 351 g/mol. The number of rotatable bonds is 2. The lowest BCUT2D eigenvalue weighted by Crippen LogP contribution is -2.00. The average Bonchev–Trinajstić information content (AvgIpc) is 2.76. The molecule has 1 heterocycles. The number of aryl methyl sites for hydroxylation is 1. The summed E-state index contributed by atoms with van der Waals surface area (Å²) in [5.74, 6) is 0.994. The van der Waals surface area contributed by atoms with E-state index in [0.717, 1.165) is 39.1 Å². The van der Waals surface area contributed by atoms with Gasteiger partial charge in [0.2, 0.25) is 0 Å². The number of nitrogens with zero attached hydrogens (tertiary/aromatic N) is 2. The van der Waals surface area contributed by atoms with Gasteiger partial charge in [-0.2, -0.15) is 0 Å². The lowest BCUT2D eigenvalue weighted by molar-refractivity contribution is 0.905. The molecule has 3 aromatic rings. The van der Waals surface area contributed by atoms with E-state index in [1.807, 2.05) is 36.4 Å². The molecule has 0 saturated carbocycles. The van der Waals surface area contributed by atoms with Crippen LogP contribution in [0.5, 0.6) is 0 Å². The summed E-state index contributed by atoms with van der Waals surface area (Å²) >= 11 is 9.59. The van der Waals surface area contributed by atoms with Crippen LogP contribution in [0.4, 0.5) is 5.69 Å². The topological polar surface area (TPSA) is 43.8 Å². The van der Waals surface area contributed by atoms with Crippen LogP contribution >= 0.6 is 27.5 Å². The highest BCUT2D eigenvalue weighted by Gasteiger charge is 2.13. The second kappa shape index (κ2) is 5.11. The van der Waals surface area contributed by atoms with Gasteiger partial charge in [0, 0.05) is 21.6 Å². The van der Waals surface area contributed by atoms with Crippen molar-refractivity contribution >= 4 is 44.3 Å². The van der Waals surface area contributed by atoms with E-state index < -0.39 is 0 Å². The van der Waals surface area contributed by atoms with Gasteiger partial charge in [-0.1, -0.05) is 18.5 Å². The minimum Gasteiger partial charge on any atom is -0.399 e. The van der Waals surface area contributed by atoms with Crippen molar-refractivity contribution in [1.29, 1.82) is 0 Å². The highest BCUT2D eigenvalue weighted by molar-refractivity contribution is 9.10. The lowest BCUT2D eigenvalue weighted by atomic mass is 10.2. The molecular weight excluding hydrogens is 338 g/mol. The third kappa shape index (κ3) is 2.19. The fourth-order valence-corrected chi connectivity index (χ4v) is 3.18. The predicted octanol–water partition coefficient (Wildman–Crippen LogP) is 4.59.